The molecule has 1 saturated heterocycles. The molecule has 0 aromatic heterocycles. The van der Waals surface area contributed by atoms with E-state index in [1.165, 1.54) is 0 Å². The zero-order valence-corrected chi connectivity index (χ0v) is 13.8. The Labute approximate surface area is 146 Å². The molecule has 0 saturated carbocycles. The largest absolute Gasteiger partial charge is 0.484 e. The molecule has 0 aliphatic carbocycles. The molecular weight excluding hydrogens is 320 g/mol. The third kappa shape index (κ3) is 4.73. The molecule has 130 valence electrons. The Balaban J connectivity index is 1.43. The molecule has 0 N–H and O–H groups in total. The van der Waals surface area contributed by atoms with Crippen LogP contribution >= 0.6 is 0 Å². The van der Waals surface area contributed by atoms with E-state index in [9.17, 15) is 9.59 Å². The van der Waals surface area contributed by atoms with E-state index in [-0.39, 0.29) is 18.6 Å². The van der Waals surface area contributed by atoms with E-state index in [0.29, 0.717) is 37.7 Å². The molecule has 0 unspecified atom stereocenters. The molecule has 2 aromatic rings. The van der Waals surface area contributed by atoms with Crippen molar-refractivity contribution in [1.29, 1.82) is 0 Å². The Hall–Kier alpha value is -3.02. The maximum atomic E-state index is 12.2. The molecular formula is C19H20N2O4. The lowest BCUT2D eigenvalue weighted by molar-refractivity contribution is -0.134. The maximum Gasteiger partial charge on any atom is 0.415 e. The summed E-state index contributed by atoms with van der Waals surface area (Å²) in [4.78, 5) is 27.6. The van der Waals surface area contributed by atoms with Crippen molar-refractivity contribution in [2.75, 3.05) is 32.8 Å². The van der Waals surface area contributed by atoms with Gasteiger partial charge in [-0.2, -0.15) is 0 Å². The van der Waals surface area contributed by atoms with Crippen molar-refractivity contribution in [3.63, 3.8) is 0 Å². The Morgan fingerprint density at radius 3 is 1.88 bits per heavy atom. The first-order valence-corrected chi connectivity index (χ1v) is 8.20. The van der Waals surface area contributed by atoms with Crippen LogP contribution in [0.25, 0.3) is 0 Å². The summed E-state index contributed by atoms with van der Waals surface area (Å²) < 4.78 is 10.8. The van der Waals surface area contributed by atoms with E-state index in [4.69, 9.17) is 9.47 Å². The van der Waals surface area contributed by atoms with Crippen molar-refractivity contribution in [3.8, 4) is 11.5 Å². The lowest BCUT2D eigenvalue weighted by atomic mass is 10.3. The molecule has 0 spiro atoms. The van der Waals surface area contributed by atoms with Gasteiger partial charge in [0.25, 0.3) is 5.91 Å². The highest BCUT2D eigenvalue weighted by molar-refractivity contribution is 5.78. The number of hydrogen-bond acceptors (Lipinski definition) is 4. The fraction of sp³-hybridized carbons (Fsp3) is 0.263. The van der Waals surface area contributed by atoms with Crippen LogP contribution in [0.4, 0.5) is 4.79 Å². The van der Waals surface area contributed by atoms with Gasteiger partial charge in [0.1, 0.15) is 11.5 Å². The second-order valence-electron chi connectivity index (χ2n) is 5.65. The summed E-state index contributed by atoms with van der Waals surface area (Å²) in [6.07, 6.45) is -0.390. The summed E-state index contributed by atoms with van der Waals surface area (Å²) in [5.74, 6) is 1.10. The maximum absolute atomic E-state index is 12.2. The molecule has 1 aliphatic heterocycles. The van der Waals surface area contributed by atoms with Gasteiger partial charge in [0.15, 0.2) is 6.61 Å². The highest BCUT2D eigenvalue weighted by Crippen LogP contribution is 2.12. The summed E-state index contributed by atoms with van der Waals surface area (Å²) in [7, 11) is 0. The Morgan fingerprint density at radius 2 is 1.28 bits per heavy atom. The number of piperazine rings is 1. The topological polar surface area (TPSA) is 59.1 Å². The molecule has 2 aromatic carbocycles. The lowest BCUT2D eigenvalue weighted by Gasteiger charge is -2.33. The van der Waals surface area contributed by atoms with Gasteiger partial charge in [0.2, 0.25) is 0 Å². The van der Waals surface area contributed by atoms with E-state index < -0.39 is 0 Å². The van der Waals surface area contributed by atoms with E-state index in [1.807, 2.05) is 48.5 Å². The van der Waals surface area contributed by atoms with Crippen molar-refractivity contribution in [2.45, 2.75) is 0 Å². The van der Waals surface area contributed by atoms with Crippen LogP contribution in [0.3, 0.4) is 0 Å². The molecule has 1 aliphatic rings. The molecule has 25 heavy (non-hydrogen) atoms. The number of para-hydroxylation sites is 2. The monoisotopic (exact) mass is 340 g/mol. The second kappa shape index (κ2) is 8.19. The number of hydrogen-bond donors (Lipinski definition) is 0. The van der Waals surface area contributed by atoms with Crippen LogP contribution in [0.1, 0.15) is 0 Å². The average Bonchev–Trinajstić information content (AvgIpc) is 2.68. The van der Waals surface area contributed by atoms with Crippen molar-refractivity contribution < 1.29 is 19.1 Å². The normalized spacial score (nSPS) is 14.1. The number of carbonyl (C=O) groups excluding carboxylic acids is 2. The van der Waals surface area contributed by atoms with E-state index >= 15 is 0 Å². The minimum atomic E-state index is -0.390. The SMILES string of the molecule is O=C(COc1ccccc1)N1CCN(C(=O)Oc2ccccc2)CC1. The van der Waals surface area contributed by atoms with Gasteiger partial charge in [0.05, 0.1) is 0 Å². The number of benzene rings is 2. The van der Waals surface area contributed by atoms with Crippen LogP contribution in [0, 0.1) is 0 Å². The Kier molecular flexibility index (Phi) is 5.51. The third-order valence-corrected chi connectivity index (χ3v) is 3.94. The highest BCUT2D eigenvalue weighted by atomic mass is 16.6. The molecule has 3 rings (SSSR count). The predicted molar refractivity (Wildman–Crippen MR) is 92.6 cm³/mol. The Bertz CT molecular complexity index is 698. The summed E-state index contributed by atoms with van der Waals surface area (Å²) in [6.45, 7) is 1.84. The molecule has 0 radical (unpaired) electrons. The van der Waals surface area contributed by atoms with Gasteiger partial charge in [-0.1, -0.05) is 36.4 Å². The summed E-state index contributed by atoms with van der Waals surface area (Å²) in [5, 5.41) is 0. The third-order valence-electron chi connectivity index (χ3n) is 3.94. The van der Waals surface area contributed by atoms with Crippen molar-refractivity contribution >= 4 is 12.0 Å². The van der Waals surface area contributed by atoms with E-state index in [2.05, 4.69) is 0 Å². The highest BCUT2D eigenvalue weighted by Gasteiger charge is 2.25. The minimum Gasteiger partial charge on any atom is -0.484 e. The second-order valence-corrected chi connectivity index (χ2v) is 5.65. The molecule has 0 atom stereocenters. The summed E-state index contributed by atoms with van der Waals surface area (Å²) in [6, 6.07) is 18.2. The van der Waals surface area contributed by atoms with E-state index in [0.717, 1.165) is 0 Å². The standard InChI is InChI=1S/C19H20N2O4/c22-18(15-24-16-7-3-1-4-8-16)20-11-13-21(14-12-20)19(23)25-17-9-5-2-6-10-17/h1-10H,11-15H2. The molecule has 2 amide bonds. The molecule has 6 nitrogen and oxygen atoms in total. The van der Waals surface area contributed by atoms with Gasteiger partial charge in [-0.15, -0.1) is 0 Å². The molecule has 0 bridgehead atoms. The molecule has 1 heterocycles. The first-order chi connectivity index (χ1) is 12.2. The van der Waals surface area contributed by atoms with Crippen LogP contribution in [0.5, 0.6) is 11.5 Å². The number of carbonyl (C=O) groups is 2. The quantitative estimate of drug-likeness (QED) is 0.858. The first-order valence-electron chi connectivity index (χ1n) is 8.20. The van der Waals surface area contributed by atoms with Crippen LogP contribution in [0.2, 0.25) is 0 Å². The lowest BCUT2D eigenvalue weighted by Crippen LogP contribution is -2.52. The van der Waals surface area contributed by atoms with Gasteiger partial charge in [-0.3, -0.25) is 4.79 Å². The predicted octanol–water partition coefficient (Wildman–Crippen LogP) is 2.41. The summed E-state index contributed by atoms with van der Waals surface area (Å²) >= 11 is 0. The van der Waals surface area contributed by atoms with Gasteiger partial charge >= 0.3 is 6.09 Å². The minimum absolute atomic E-state index is 0.00151. The molecule has 1 fully saturated rings. The fourth-order valence-electron chi connectivity index (χ4n) is 2.55. The van der Waals surface area contributed by atoms with Crippen LogP contribution in [0.15, 0.2) is 60.7 Å². The number of amides is 2. The van der Waals surface area contributed by atoms with Crippen molar-refractivity contribution in [3.05, 3.63) is 60.7 Å². The Morgan fingerprint density at radius 1 is 0.760 bits per heavy atom. The average molecular weight is 340 g/mol. The van der Waals surface area contributed by atoms with Gasteiger partial charge < -0.3 is 19.3 Å². The number of rotatable bonds is 4. The molecule has 6 heteroatoms. The number of nitrogens with zero attached hydrogens (tertiary/aromatic N) is 2. The van der Waals surface area contributed by atoms with Gasteiger partial charge in [-0.05, 0) is 24.3 Å². The van der Waals surface area contributed by atoms with Crippen molar-refractivity contribution in [2.24, 2.45) is 0 Å². The zero-order chi connectivity index (χ0) is 17.5. The van der Waals surface area contributed by atoms with Crippen LogP contribution in [-0.2, 0) is 4.79 Å². The first kappa shape index (κ1) is 16.8. The zero-order valence-electron chi connectivity index (χ0n) is 13.8. The van der Waals surface area contributed by atoms with Crippen LogP contribution in [-0.4, -0.2) is 54.6 Å². The van der Waals surface area contributed by atoms with Gasteiger partial charge in [-0.25, -0.2) is 4.79 Å². The summed E-state index contributed by atoms with van der Waals surface area (Å²) in [5.41, 5.74) is 0. The van der Waals surface area contributed by atoms with Crippen LogP contribution < -0.4 is 9.47 Å². The van der Waals surface area contributed by atoms with E-state index in [1.54, 1.807) is 21.9 Å². The smallest absolute Gasteiger partial charge is 0.415 e. The van der Waals surface area contributed by atoms with Gasteiger partial charge in [0, 0.05) is 26.2 Å². The number of ether oxygens (including phenoxy) is 2. The van der Waals surface area contributed by atoms with Crippen molar-refractivity contribution in [1.82, 2.24) is 9.80 Å². The fourth-order valence-corrected chi connectivity index (χ4v) is 2.55.